The molecule has 0 saturated heterocycles. The van der Waals surface area contributed by atoms with Crippen LogP contribution in [-0.2, 0) is 16.0 Å². The van der Waals surface area contributed by atoms with E-state index in [4.69, 9.17) is 0 Å². The average Bonchev–Trinajstić information content (AvgIpc) is 2.83. The molecule has 6 nitrogen and oxygen atoms in total. The maximum Gasteiger partial charge on any atom is 0.433 e. The van der Waals surface area contributed by atoms with Crippen LogP contribution in [0.15, 0.2) is 96.5 Å². The monoisotopic (exact) mass is 484 g/mol. The van der Waals surface area contributed by atoms with Crippen molar-refractivity contribution in [1.82, 2.24) is 15.0 Å². The minimum atomic E-state index is -4.59. The fourth-order valence-electron chi connectivity index (χ4n) is 3.57. The zero-order chi connectivity index (χ0) is 24.3. The zero-order valence-corrected chi connectivity index (χ0v) is 18.7. The number of halogens is 3. The summed E-state index contributed by atoms with van der Waals surface area (Å²) < 4.78 is 63.9. The molecule has 0 radical (unpaired) electrons. The van der Waals surface area contributed by atoms with Gasteiger partial charge in [0.25, 0.3) is 0 Å². The van der Waals surface area contributed by atoms with Crippen LogP contribution in [0.3, 0.4) is 0 Å². The molecule has 0 aliphatic heterocycles. The summed E-state index contributed by atoms with van der Waals surface area (Å²) in [5, 5.41) is 0. The molecule has 0 aliphatic carbocycles. The highest BCUT2D eigenvalue weighted by molar-refractivity contribution is 7.90. The van der Waals surface area contributed by atoms with Crippen LogP contribution in [0.1, 0.15) is 22.9 Å². The Kier molecular flexibility index (Phi) is 6.34. The highest BCUT2D eigenvalue weighted by Gasteiger charge is 2.33. The molecule has 174 valence electrons. The Morgan fingerprint density at radius 2 is 1.47 bits per heavy atom. The second-order valence-electron chi connectivity index (χ2n) is 7.51. The number of hydrogen-bond donors (Lipinski definition) is 0. The van der Waals surface area contributed by atoms with Crippen LogP contribution in [0, 0.1) is 0 Å². The van der Waals surface area contributed by atoms with Gasteiger partial charge in [-0.15, -0.1) is 0 Å². The third kappa shape index (κ3) is 5.07. The van der Waals surface area contributed by atoms with Crippen LogP contribution in [0.2, 0.25) is 0 Å². The molecule has 1 aromatic carbocycles. The second-order valence-corrected chi connectivity index (χ2v) is 9.53. The van der Waals surface area contributed by atoms with E-state index in [2.05, 4.69) is 15.0 Å². The summed E-state index contributed by atoms with van der Waals surface area (Å²) in [6, 6.07) is 15.0. The molecule has 0 bridgehead atoms. The van der Waals surface area contributed by atoms with E-state index in [1.165, 1.54) is 18.2 Å². The van der Waals surface area contributed by atoms with Gasteiger partial charge in [-0.05, 0) is 53.6 Å². The number of sulfone groups is 1. The third-order valence-corrected chi connectivity index (χ3v) is 6.21. The highest BCUT2D eigenvalue weighted by Crippen LogP contribution is 2.40. The minimum absolute atomic E-state index is 0.0750. The first-order valence-corrected chi connectivity index (χ1v) is 12.0. The van der Waals surface area contributed by atoms with Crippen molar-refractivity contribution < 1.29 is 21.6 Å². The lowest BCUT2D eigenvalue weighted by atomic mass is 9.98. The number of nitrogens with zero attached hydrogens (tertiary/aromatic N) is 4. The van der Waals surface area contributed by atoms with E-state index in [1.807, 2.05) is 12.1 Å². The molecular weight excluding hydrogens is 465 g/mol. The molecule has 0 spiro atoms. The molecule has 10 heteroatoms. The van der Waals surface area contributed by atoms with E-state index in [0.717, 1.165) is 29.6 Å². The van der Waals surface area contributed by atoms with E-state index in [1.54, 1.807) is 54.0 Å². The lowest BCUT2D eigenvalue weighted by Crippen LogP contribution is -2.26. The number of benzene rings is 1. The number of rotatable bonds is 6. The quantitative estimate of drug-likeness (QED) is 0.374. The first kappa shape index (κ1) is 23.4. The average molecular weight is 485 g/mol. The lowest BCUT2D eigenvalue weighted by Gasteiger charge is -2.34. The molecule has 0 unspecified atom stereocenters. The molecule has 34 heavy (non-hydrogen) atoms. The maximum atomic E-state index is 13.2. The van der Waals surface area contributed by atoms with Crippen LogP contribution < -0.4 is 4.90 Å². The van der Waals surface area contributed by atoms with Crippen molar-refractivity contribution >= 4 is 21.2 Å². The van der Waals surface area contributed by atoms with Gasteiger partial charge >= 0.3 is 6.18 Å². The van der Waals surface area contributed by atoms with Crippen molar-refractivity contribution in [2.75, 3.05) is 11.2 Å². The largest absolute Gasteiger partial charge is 0.433 e. The molecule has 3 aromatic heterocycles. The van der Waals surface area contributed by atoms with Gasteiger partial charge in [0, 0.05) is 36.7 Å². The van der Waals surface area contributed by atoms with Crippen molar-refractivity contribution in [3.05, 3.63) is 108 Å². The van der Waals surface area contributed by atoms with Crippen LogP contribution in [-0.4, -0.2) is 29.6 Å². The van der Waals surface area contributed by atoms with Gasteiger partial charge in [0.1, 0.15) is 5.69 Å². The normalized spacial score (nSPS) is 12.0. The summed E-state index contributed by atoms with van der Waals surface area (Å²) in [4.78, 5) is 13.8. The van der Waals surface area contributed by atoms with Crippen molar-refractivity contribution in [2.24, 2.45) is 0 Å². The number of hydrogen-bond acceptors (Lipinski definition) is 6. The lowest BCUT2D eigenvalue weighted by molar-refractivity contribution is -0.141. The van der Waals surface area contributed by atoms with Crippen LogP contribution in [0.25, 0.3) is 0 Å². The van der Waals surface area contributed by atoms with Crippen molar-refractivity contribution in [3.8, 4) is 0 Å². The summed E-state index contributed by atoms with van der Waals surface area (Å²) in [5.74, 6) is 0. The van der Waals surface area contributed by atoms with E-state index in [9.17, 15) is 21.6 Å². The van der Waals surface area contributed by atoms with Gasteiger partial charge < -0.3 is 4.90 Å². The first-order valence-electron chi connectivity index (χ1n) is 10.1. The summed E-state index contributed by atoms with van der Waals surface area (Å²) >= 11 is 0. The number of anilines is 2. The molecule has 4 rings (SSSR count). The van der Waals surface area contributed by atoms with Gasteiger partial charge in [0.2, 0.25) is 0 Å². The van der Waals surface area contributed by atoms with Gasteiger partial charge in [-0.2, -0.15) is 13.2 Å². The topological polar surface area (TPSA) is 76.1 Å². The fourth-order valence-corrected chi connectivity index (χ4v) is 4.23. The van der Waals surface area contributed by atoms with Crippen molar-refractivity contribution in [3.63, 3.8) is 0 Å². The predicted octanol–water partition coefficient (Wildman–Crippen LogP) is 5.22. The van der Waals surface area contributed by atoms with Crippen molar-refractivity contribution in [2.45, 2.75) is 17.1 Å². The second kappa shape index (κ2) is 9.22. The Morgan fingerprint density at radius 1 is 0.824 bits per heavy atom. The van der Waals surface area contributed by atoms with E-state index in [-0.39, 0.29) is 4.90 Å². The fraction of sp³-hybridized carbons (Fsp3) is 0.125. The van der Waals surface area contributed by atoms with Crippen molar-refractivity contribution in [1.29, 1.82) is 0 Å². The first-order chi connectivity index (χ1) is 16.1. The zero-order valence-electron chi connectivity index (χ0n) is 17.9. The van der Waals surface area contributed by atoms with Crippen LogP contribution in [0.4, 0.5) is 24.5 Å². The highest BCUT2D eigenvalue weighted by atomic mass is 32.2. The molecular formula is C24H19F3N4O2S. The summed E-state index contributed by atoms with van der Waals surface area (Å²) in [6.07, 6.45) is 4.12. The van der Waals surface area contributed by atoms with E-state index >= 15 is 0 Å². The molecule has 0 atom stereocenters. The smallest absolute Gasteiger partial charge is 0.328 e. The van der Waals surface area contributed by atoms with Gasteiger partial charge in [0.15, 0.2) is 9.84 Å². The Balaban J connectivity index is 1.96. The summed E-state index contributed by atoms with van der Waals surface area (Å²) in [5.41, 5.74) is 1.19. The molecule has 4 aromatic rings. The molecule has 0 saturated carbocycles. The van der Waals surface area contributed by atoms with E-state index < -0.39 is 27.7 Å². The minimum Gasteiger partial charge on any atom is -0.328 e. The van der Waals surface area contributed by atoms with Crippen LogP contribution >= 0.6 is 0 Å². The number of aromatic nitrogens is 3. The third-order valence-electron chi connectivity index (χ3n) is 5.10. The van der Waals surface area contributed by atoms with Gasteiger partial charge in [0.05, 0.1) is 22.8 Å². The van der Waals surface area contributed by atoms with Gasteiger partial charge in [-0.3, -0.25) is 9.97 Å². The SMILES string of the molecule is CS(=O)(=O)c1cccc(N(c2ccc(C(F)(F)F)nc2)C(c2cccnc2)c2cccnc2)c1. The Bertz CT molecular complexity index is 1330. The Morgan fingerprint density at radius 3 is 1.94 bits per heavy atom. The standard InChI is InChI=1S/C24H19F3N4O2S/c1-34(32,33)21-8-2-7-19(13-21)31(20-9-10-22(30-16-20)24(25,26)27)23(17-5-3-11-28-14-17)18-6-4-12-29-15-18/h2-16,23H,1H3. The predicted molar refractivity (Wildman–Crippen MR) is 121 cm³/mol. The number of alkyl halides is 3. The van der Waals surface area contributed by atoms with Crippen LogP contribution in [0.5, 0.6) is 0 Å². The van der Waals surface area contributed by atoms with Gasteiger partial charge in [-0.25, -0.2) is 13.4 Å². The summed E-state index contributed by atoms with van der Waals surface area (Å²) in [6.45, 7) is 0. The molecule has 0 fully saturated rings. The Hall–Kier alpha value is -3.79. The Labute approximate surface area is 194 Å². The molecule has 3 heterocycles. The molecule has 0 N–H and O–H groups in total. The van der Waals surface area contributed by atoms with E-state index in [0.29, 0.717) is 11.4 Å². The summed E-state index contributed by atoms with van der Waals surface area (Å²) in [7, 11) is -3.54. The number of pyridine rings is 3. The molecule has 0 aliphatic rings. The maximum absolute atomic E-state index is 13.2. The van der Waals surface area contributed by atoms with Gasteiger partial charge in [-0.1, -0.05) is 18.2 Å². The molecule has 0 amide bonds.